The van der Waals surface area contributed by atoms with Gasteiger partial charge in [0.05, 0.1) is 6.10 Å². The van der Waals surface area contributed by atoms with E-state index in [1.54, 1.807) is 4.57 Å². The molecule has 1 saturated heterocycles. The number of carbonyl (C=O) groups is 1. The highest BCUT2D eigenvalue weighted by molar-refractivity contribution is 7.99. The van der Waals surface area contributed by atoms with E-state index in [2.05, 4.69) is 4.98 Å². The van der Waals surface area contributed by atoms with Crippen LogP contribution < -0.4 is 5.56 Å². The molecule has 1 amide bonds. The Kier molecular flexibility index (Phi) is 2.87. The van der Waals surface area contributed by atoms with Crippen molar-refractivity contribution >= 4 is 17.7 Å². The Hall–Kier alpha value is -1.34. The van der Waals surface area contributed by atoms with Crippen molar-refractivity contribution in [3.8, 4) is 0 Å². The lowest BCUT2D eigenvalue weighted by Crippen LogP contribution is -2.36. The third-order valence-electron chi connectivity index (χ3n) is 3.24. The highest BCUT2D eigenvalue weighted by Crippen LogP contribution is 2.21. The van der Waals surface area contributed by atoms with Crippen molar-refractivity contribution in [2.75, 3.05) is 18.8 Å². The van der Waals surface area contributed by atoms with Gasteiger partial charge in [0.25, 0.3) is 11.5 Å². The monoisotopic (exact) mass is 267 g/mol. The number of likely N-dealkylation sites (tertiary alicyclic amines) is 1. The summed E-state index contributed by atoms with van der Waals surface area (Å²) in [6, 6.07) is 0. The molecule has 1 atom stereocenters. The highest BCUT2D eigenvalue weighted by Gasteiger charge is 2.28. The third-order valence-corrected chi connectivity index (χ3v) is 4.21. The molecule has 6 nitrogen and oxygen atoms in total. The summed E-state index contributed by atoms with van der Waals surface area (Å²) >= 11 is 1.52. The highest BCUT2D eigenvalue weighted by atomic mass is 32.2. The number of rotatable bonds is 1. The molecule has 1 unspecified atom stereocenters. The molecule has 18 heavy (non-hydrogen) atoms. The second-order valence-electron chi connectivity index (χ2n) is 4.45. The Bertz CT molecular complexity index is 557. The topological polar surface area (TPSA) is 75.4 Å². The number of hydrogen-bond donors (Lipinski definition) is 1. The summed E-state index contributed by atoms with van der Waals surface area (Å²) in [6.45, 7) is 1.40. The molecular formula is C11H13N3O3S. The van der Waals surface area contributed by atoms with Gasteiger partial charge in [-0.15, -0.1) is 0 Å². The summed E-state index contributed by atoms with van der Waals surface area (Å²) in [4.78, 5) is 30.0. The first-order valence-electron chi connectivity index (χ1n) is 5.87. The lowest BCUT2D eigenvalue weighted by atomic mass is 10.3. The standard InChI is InChI=1S/C11H13N3O3S/c15-7-1-2-13(6-7)9(16)8-5-12-11-14(10(8)17)3-4-18-11/h5,7,15H,1-4,6H2. The van der Waals surface area contributed by atoms with Crippen molar-refractivity contribution in [2.45, 2.75) is 24.2 Å². The maximum Gasteiger partial charge on any atom is 0.267 e. The van der Waals surface area contributed by atoms with E-state index in [-0.39, 0.29) is 17.0 Å². The Balaban J connectivity index is 1.93. The van der Waals surface area contributed by atoms with E-state index in [0.717, 1.165) is 5.75 Å². The number of aliphatic hydroxyl groups is 1. The van der Waals surface area contributed by atoms with Gasteiger partial charge in [-0.2, -0.15) is 0 Å². The molecule has 0 aromatic carbocycles. The van der Waals surface area contributed by atoms with Crippen molar-refractivity contribution in [1.29, 1.82) is 0 Å². The first kappa shape index (κ1) is 11.7. The number of fused-ring (bicyclic) bond motifs is 1. The largest absolute Gasteiger partial charge is 0.391 e. The fraction of sp³-hybridized carbons (Fsp3) is 0.545. The number of amides is 1. The van der Waals surface area contributed by atoms with Gasteiger partial charge in [-0.25, -0.2) is 4.98 Å². The normalized spacial score (nSPS) is 22.3. The van der Waals surface area contributed by atoms with E-state index in [1.807, 2.05) is 0 Å². The number of nitrogens with zero attached hydrogens (tertiary/aromatic N) is 3. The van der Waals surface area contributed by atoms with Gasteiger partial charge in [0.2, 0.25) is 0 Å². The first-order valence-corrected chi connectivity index (χ1v) is 6.85. The number of thioether (sulfide) groups is 1. The van der Waals surface area contributed by atoms with E-state index >= 15 is 0 Å². The minimum Gasteiger partial charge on any atom is -0.391 e. The average Bonchev–Trinajstić information content (AvgIpc) is 2.97. The van der Waals surface area contributed by atoms with E-state index in [9.17, 15) is 14.7 Å². The SMILES string of the molecule is O=C(c1cnc2n(c1=O)CCS2)N1CCC(O)C1. The summed E-state index contributed by atoms with van der Waals surface area (Å²) in [5.41, 5.74) is -0.160. The maximum atomic E-state index is 12.2. The van der Waals surface area contributed by atoms with Crippen molar-refractivity contribution in [3.63, 3.8) is 0 Å². The fourth-order valence-electron chi connectivity index (χ4n) is 2.26. The zero-order valence-corrected chi connectivity index (χ0v) is 10.5. The van der Waals surface area contributed by atoms with Crippen molar-refractivity contribution in [1.82, 2.24) is 14.5 Å². The molecule has 0 radical (unpaired) electrons. The predicted molar refractivity (Wildman–Crippen MR) is 65.7 cm³/mol. The Morgan fingerprint density at radius 2 is 2.33 bits per heavy atom. The van der Waals surface area contributed by atoms with Crippen LogP contribution in [-0.2, 0) is 6.54 Å². The Morgan fingerprint density at radius 1 is 1.50 bits per heavy atom. The van der Waals surface area contributed by atoms with Crippen LogP contribution in [0.1, 0.15) is 16.8 Å². The molecule has 2 aliphatic rings. The molecule has 1 fully saturated rings. The molecular weight excluding hydrogens is 254 g/mol. The van der Waals surface area contributed by atoms with Crippen LogP contribution in [0.4, 0.5) is 0 Å². The fourth-order valence-corrected chi connectivity index (χ4v) is 3.17. The van der Waals surface area contributed by atoms with E-state index in [4.69, 9.17) is 0 Å². The van der Waals surface area contributed by atoms with Crippen LogP contribution in [0.25, 0.3) is 0 Å². The molecule has 0 aliphatic carbocycles. The van der Waals surface area contributed by atoms with Crippen LogP contribution in [0.3, 0.4) is 0 Å². The van der Waals surface area contributed by atoms with Gasteiger partial charge < -0.3 is 10.0 Å². The van der Waals surface area contributed by atoms with Gasteiger partial charge in [-0.05, 0) is 6.42 Å². The molecule has 1 aromatic heterocycles. The lowest BCUT2D eigenvalue weighted by Gasteiger charge is -2.15. The molecule has 0 spiro atoms. The molecule has 0 bridgehead atoms. The Morgan fingerprint density at radius 3 is 3.06 bits per heavy atom. The van der Waals surface area contributed by atoms with Gasteiger partial charge in [0.1, 0.15) is 5.56 Å². The van der Waals surface area contributed by atoms with E-state index < -0.39 is 6.10 Å². The minimum atomic E-state index is -0.477. The van der Waals surface area contributed by atoms with Gasteiger partial charge >= 0.3 is 0 Å². The number of carbonyl (C=O) groups excluding carboxylic acids is 1. The molecule has 3 rings (SSSR count). The predicted octanol–water partition coefficient (Wildman–Crippen LogP) is -0.444. The molecule has 2 aliphatic heterocycles. The van der Waals surface area contributed by atoms with E-state index in [1.165, 1.54) is 22.9 Å². The zero-order valence-electron chi connectivity index (χ0n) is 9.70. The average molecular weight is 267 g/mol. The number of aliphatic hydroxyl groups excluding tert-OH is 1. The lowest BCUT2D eigenvalue weighted by molar-refractivity contribution is 0.0761. The number of β-amino-alcohol motifs (C(OH)–C–C–N with tert-alkyl or cyclic N) is 1. The number of aromatic nitrogens is 2. The summed E-state index contributed by atoms with van der Waals surface area (Å²) in [5.74, 6) is 0.499. The molecule has 1 aromatic rings. The van der Waals surface area contributed by atoms with Gasteiger partial charge in [0, 0.05) is 31.6 Å². The molecule has 3 heterocycles. The summed E-state index contributed by atoms with van der Waals surface area (Å²) in [7, 11) is 0. The second kappa shape index (κ2) is 4.40. The van der Waals surface area contributed by atoms with Gasteiger partial charge in [0.15, 0.2) is 5.16 Å². The molecule has 1 N–H and O–H groups in total. The van der Waals surface area contributed by atoms with Crippen LogP contribution in [0.2, 0.25) is 0 Å². The summed E-state index contributed by atoms with van der Waals surface area (Å²) < 4.78 is 1.55. The first-order chi connectivity index (χ1) is 8.66. The third kappa shape index (κ3) is 1.83. The minimum absolute atomic E-state index is 0.107. The summed E-state index contributed by atoms with van der Waals surface area (Å²) in [6.07, 6.45) is 1.45. The maximum absolute atomic E-state index is 12.2. The quantitative estimate of drug-likeness (QED) is 0.698. The van der Waals surface area contributed by atoms with Crippen molar-refractivity contribution in [3.05, 3.63) is 22.1 Å². The van der Waals surface area contributed by atoms with Crippen LogP contribution in [0.5, 0.6) is 0 Å². The van der Waals surface area contributed by atoms with Crippen LogP contribution in [-0.4, -0.2) is 50.4 Å². The second-order valence-corrected chi connectivity index (χ2v) is 5.52. The smallest absolute Gasteiger partial charge is 0.267 e. The Labute approximate surface area is 108 Å². The van der Waals surface area contributed by atoms with Crippen molar-refractivity contribution < 1.29 is 9.90 Å². The zero-order chi connectivity index (χ0) is 12.7. The van der Waals surface area contributed by atoms with Crippen LogP contribution in [0, 0.1) is 0 Å². The molecule has 96 valence electrons. The van der Waals surface area contributed by atoms with Gasteiger partial charge in [-0.1, -0.05) is 11.8 Å². The molecule has 0 saturated carbocycles. The van der Waals surface area contributed by atoms with Crippen molar-refractivity contribution in [2.24, 2.45) is 0 Å². The molecule has 7 heteroatoms. The van der Waals surface area contributed by atoms with Gasteiger partial charge in [-0.3, -0.25) is 14.2 Å². The summed E-state index contributed by atoms with van der Waals surface area (Å²) in [5, 5.41) is 10.1. The number of hydrogen-bond acceptors (Lipinski definition) is 5. The van der Waals surface area contributed by atoms with E-state index in [0.29, 0.717) is 31.2 Å². The van der Waals surface area contributed by atoms with Crippen LogP contribution >= 0.6 is 11.8 Å². The van der Waals surface area contributed by atoms with Crippen LogP contribution in [0.15, 0.2) is 16.1 Å².